The number of hydrogen-bond acceptors (Lipinski definition) is 3. The molecule has 4 aromatic carbocycles. The summed E-state index contributed by atoms with van der Waals surface area (Å²) < 4.78 is 8.34. The molecule has 0 aliphatic heterocycles. The Labute approximate surface area is 236 Å². The summed E-state index contributed by atoms with van der Waals surface area (Å²) >= 11 is 1.74. The van der Waals surface area contributed by atoms with Crippen LogP contribution in [0.3, 0.4) is 0 Å². The van der Waals surface area contributed by atoms with Gasteiger partial charge in [0.15, 0.2) is 0 Å². The monoisotopic (exact) mass is 535 g/mol. The Morgan fingerprint density at radius 3 is 2.18 bits per heavy atom. The van der Waals surface area contributed by atoms with Crippen molar-refractivity contribution in [3.8, 4) is 0 Å². The fourth-order valence-electron chi connectivity index (χ4n) is 5.68. The largest absolute Gasteiger partial charge is 0.462 e. The lowest BCUT2D eigenvalue weighted by molar-refractivity contribution is -0.149. The summed E-state index contributed by atoms with van der Waals surface area (Å²) in [4.78, 5) is 14.9. The van der Waals surface area contributed by atoms with Crippen molar-refractivity contribution in [2.75, 3.05) is 6.26 Å². The van der Waals surface area contributed by atoms with E-state index in [0.717, 1.165) is 30.5 Å². The maximum absolute atomic E-state index is 13.7. The molecule has 5 rings (SSSR count). The fourth-order valence-corrected chi connectivity index (χ4v) is 6.52. The second-order valence-electron chi connectivity index (χ2n) is 10.4. The van der Waals surface area contributed by atoms with Crippen molar-refractivity contribution in [1.29, 1.82) is 0 Å². The third-order valence-corrected chi connectivity index (χ3v) is 8.14. The molecule has 3 nitrogen and oxygen atoms in total. The highest BCUT2D eigenvalue weighted by Gasteiger charge is 2.30. The summed E-state index contributed by atoms with van der Waals surface area (Å²) in [7, 11) is 0. The average molecular weight is 536 g/mol. The normalized spacial score (nSPS) is 12.3. The molecular weight excluding hydrogens is 498 g/mol. The van der Waals surface area contributed by atoms with Gasteiger partial charge in [-0.1, -0.05) is 98.3 Å². The van der Waals surface area contributed by atoms with Crippen molar-refractivity contribution in [1.82, 2.24) is 4.57 Å². The third kappa shape index (κ3) is 5.62. The Kier molecular flexibility index (Phi) is 8.42. The first-order valence-electron chi connectivity index (χ1n) is 13.9. The van der Waals surface area contributed by atoms with Gasteiger partial charge in [-0.25, -0.2) is 0 Å². The Hall–Kier alpha value is -3.50. The van der Waals surface area contributed by atoms with Crippen LogP contribution in [0.2, 0.25) is 0 Å². The van der Waals surface area contributed by atoms with Gasteiger partial charge in [0.1, 0.15) is 0 Å². The minimum absolute atomic E-state index is 0.156. The SMILES string of the molecule is CCCc1cc(C(Cc2ccccc2)C(=O)OC(C)C)c(SC)c2c1c1ccccc1n2Cc1ccccc1. The number of benzene rings is 4. The van der Waals surface area contributed by atoms with Crippen molar-refractivity contribution in [3.05, 3.63) is 113 Å². The minimum Gasteiger partial charge on any atom is -0.462 e. The molecule has 200 valence electrons. The van der Waals surface area contributed by atoms with Crippen molar-refractivity contribution in [2.45, 2.75) is 63.5 Å². The van der Waals surface area contributed by atoms with Gasteiger partial charge in [-0.15, -0.1) is 11.8 Å². The second-order valence-corrected chi connectivity index (χ2v) is 11.3. The van der Waals surface area contributed by atoms with E-state index in [0.29, 0.717) is 6.42 Å². The van der Waals surface area contributed by atoms with Gasteiger partial charge in [-0.05, 0) is 61.3 Å². The number of aromatic nitrogens is 1. The average Bonchev–Trinajstić information content (AvgIpc) is 3.27. The molecule has 5 aromatic rings. The van der Waals surface area contributed by atoms with Gasteiger partial charge in [0.2, 0.25) is 0 Å². The van der Waals surface area contributed by atoms with Crippen molar-refractivity contribution in [3.63, 3.8) is 0 Å². The zero-order valence-corrected chi connectivity index (χ0v) is 24.1. The predicted molar refractivity (Wildman–Crippen MR) is 165 cm³/mol. The number of ether oxygens (including phenoxy) is 1. The Balaban J connectivity index is 1.81. The van der Waals surface area contributed by atoms with Gasteiger partial charge in [0.25, 0.3) is 0 Å². The first kappa shape index (κ1) is 27.1. The van der Waals surface area contributed by atoms with E-state index in [1.807, 2.05) is 32.0 Å². The first-order valence-corrected chi connectivity index (χ1v) is 15.1. The number of carbonyl (C=O) groups excluding carboxylic acids is 1. The summed E-state index contributed by atoms with van der Waals surface area (Å²) in [5.41, 5.74) is 7.23. The molecule has 1 aromatic heterocycles. The Bertz CT molecular complexity index is 1570. The fraction of sp³-hybridized carbons (Fsp3) is 0.286. The minimum atomic E-state index is -0.388. The quantitative estimate of drug-likeness (QED) is 0.132. The van der Waals surface area contributed by atoms with Gasteiger partial charge < -0.3 is 9.30 Å². The topological polar surface area (TPSA) is 31.2 Å². The van der Waals surface area contributed by atoms with Crippen LogP contribution < -0.4 is 0 Å². The van der Waals surface area contributed by atoms with Crippen LogP contribution in [0, 0.1) is 0 Å². The number of para-hydroxylation sites is 1. The van der Waals surface area contributed by atoms with Crippen molar-refractivity contribution in [2.24, 2.45) is 0 Å². The van der Waals surface area contributed by atoms with Crippen LogP contribution in [-0.2, 0) is 28.9 Å². The molecule has 0 saturated carbocycles. The van der Waals surface area contributed by atoms with E-state index in [1.54, 1.807) is 11.8 Å². The van der Waals surface area contributed by atoms with Crippen LogP contribution in [0.4, 0.5) is 0 Å². The number of esters is 1. The van der Waals surface area contributed by atoms with Crippen LogP contribution in [0.15, 0.2) is 95.9 Å². The molecule has 1 atom stereocenters. The van der Waals surface area contributed by atoms with Gasteiger partial charge >= 0.3 is 5.97 Å². The van der Waals surface area contributed by atoms with Gasteiger partial charge in [0, 0.05) is 27.7 Å². The van der Waals surface area contributed by atoms with Crippen LogP contribution in [0.1, 0.15) is 55.4 Å². The third-order valence-electron chi connectivity index (χ3n) is 7.30. The molecule has 0 spiro atoms. The van der Waals surface area contributed by atoms with Crippen LogP contribution in [0.25, 0.3) is 21.8 Å². The predicted octanol–water partition coefficient (Wildman–Crippen LogP) is 8.80. The second kappa shape index (κ2) is 12.1. The summed E-state index contributed by atoms with van der Waals surface area (Å²) in [6.07, 6.45) is 4.56. The molecule has 0 radical (unpaired) electrons. The highest BCUT2D eigenvalue weighted by Crippen LogP contribution is 2.43. The molecule has 0 N–H and O–H groups in total. The van der Waals surface area contributed by atoms with Crippen LogP contribution >= 0.6 is 11.8 Å². The highest BCUT2D eigenvalue weighted by atomic mass is 32.2. The van der Waals surface area contributed by atoms with Crippen molar-refractivity contribution >= 4 is 39.5 Å². The van der Waals surface area contributed by atoms with Gasteiger partial charge in [0.05, 0.1) is 17.5 Å². The lowest BCUT2D eigenvalue weighted by Gasteiger charge is -2.23. The zero-order chi connectivity index (χ0) is 27.4. The molecule has 39 heavy (non-hydrogen) atoms. The number of carbonyl (C=O) groups is 1. The number of fused-ring (bicyclic) bond motifs is 3. The number of aryl methyl sites for hydroxylation is 1. The Morgan fingerprint density at radius 1 is 0.897 bits per heavy atom. The molecule has 4 heteroatoms. The smallest absolute Gasteiger partial charge is 0.314 e. The van der Waals surface area contributed by atoms with Crippen LogP contribution in [0.5, 0.6) is 0 Å². The number of nitrogens with zero attached hydrogens (tertiary/aromatic N) is 1. The molecule has 1 unspecified atom stereocenters. The molecule has 1 heterocycles. The number of hydrogen-bond donors (Lipinski definition) is 0. The van der Waals surface area contributed by atoms with E-state index in [1.165, 1.54) is 37.8 Å². The van der Waals surface area contributed by atoms with E-state index in [4.69, 9.17) is 4.74 Å². The Morgan fingerprint density at radius 2 is 1.54 bits per heavy atom. The van der Waals surface area contributed by atoms with E-state index >= 15 is 0 Å². The zero-order valence-electron chi connectivity index (χ0n) is 23.3. The van der Waals surface area contributed by atoms with E-state index in [2.05, 4.69) is 90.5 Å². The van der Waals surface area contributed by atoms with E-state index in [-0.39, 0.29) is 18.0 Å². The molecule has 0 saturated heterocycles. The molecule has 0 aliphatic rings. The van der Waals surface area contributed by atoms with Gasteiger partial charge in [-0.2, -0.15) is 0 Å². The molecular formula is C35H37NO2S. The molecule has 0 amide bonds. The standard InChI is InChI=1S/C35H37NO2S/c1-5-14-27-22-29(30(35(37)38-24(2)3)21-25-15-8-6-9-16-25)34(39-4)33-32(27)28-19-12-13-20-31(28)36(33)23-26-17-10-7-11-18-26/h6-13,15-20,22,24,30H,5,14,21,23H2,1-4H3. The molecule has 0 bridgehead atoms. The summed E-state index contributed by atoms with van der Waals surface area (Å²) in [6, 6.07) is 32.0. The summed E-state index contributed by atoms with van der Waals surface area (Å²) in [5.74, 6) is -0.544. The molecule has 0 aliphatic carbocycles. The highest BCUT2D eigenvalue weighted by molar-refractivity contribution is 7.98. The number of thioether (sulfide) groups is 1. The maximum Gasteiger partial charge on any atom is 0.314 e. The maximum atomic E-state index is 13.7. The summed E-state index contributed by atoms with van der Waals surface area (Å²) in [6.45, 7) is 6.85. The van der Waals surface area contributed by atoms with Crippen molar-refractivity contribution < 1.29 is 9.53 Å². The van der Waals surface area contributed by atoms with Gasteiger partial charge in [-0.3, -0.25) is 4.79 Å². The van der Waals surface area contributed by atoms with Crippen LogP contribution in [-0.4, -0.2) is 22.9 Å². The first-order chi connectivity index (χ1) is 19.0. The lowest BCUT2D eigenvalue weighted by Crippen LogP contribution is -2.22. The number of rotatable bonds is 10. The summed E-state index contributed by atoms with van der Waals surface area (Å²) in [5, 5.41) is 2.59. The van der Waals surface area contributed by atoms with E-state index in [9.17, 15) is 4.79 Å². The van der Waals surface area contributed by atoms with E-state index < -0.39 is 0 Å². The lowest BCUT2D eigenvalue weighted by atomic mass is 9.88. The molecule has 0 fully saturated rings.